The first-order valence-electron chi connectivity index (χ1n) is 5.61. The second-order valence-corrected chi connectivity index (χ2v) is 6.33. The van der Waals surface area contributed by atoms with Crippen molar-refractivity contribution in [1.82, 2.24) is 19.5 Å². The Kier molecular flexibility index (Phi) is 2.80. The fourth-order valence-corrected chi connectivity index (χ4v) is 3.59. The van der Waals surface area contributed by atoms with Gasteiger partial charge in [-0.2, -0.15) is 17.6 Å². The Morgan fingerprint density at radius 1 is 1.25 bits per heavy atom. The summed E-state index contributed by atoms with van der Waals surface area (Å²) < 4.78 is 30.8. The molecular formula is C11H9ClN4O3S. The molecule has 0 fully saturated rings. The van der Waals surface area contributed by atoms with Crippen LogP contribution in [0.25, 0.3) is 11.0 Å². The van der Waals surface area contributed by atoms with Crippen molar-refractivity contribution in [2.24, 2.45) is 0 Å². The number of hydrogen-bond donors (Lipinski definition) is 0. The van der Waals surface area contributed by atoms with Gasteiger partial charge in [0, 0.05) is 0 Å². The summed E-state index contributed by atoms with van der Waals surface area (Å²) in [6.07, 6.45) is 0. The SMILES string of the molecule is Cc1nn(S(=O)(=O)c2cccc3nonc23)c(C)c1Cl. The van der Waals surface area contributed by atoms with Crippen LogP contribution in [0, 0.1) is 13.8 Å². The van der Waals surface area contributed by atoms with Crippen LogP contribution in [0.4, 0.5) is 0 Å². The maximum atomic E-state index is 12.7. The summed E-state index contributed by atoms with van der Waals surface area (Å²) in [5.74, 6) is 0. The molecule has 2 heterocycles. The molecule has 0 saturated carbocycles. The predicted molar refractivity (Wildman–Crippen MR) is 71.1 cm³/mol. The van der Waals surface area contributed by atoms with Gasteiger partial charge in [0.2, 0.25) is 0 Å². The number of aromatic nitrogens is 4. The molecule has 0 amide bonds. The maximum absolute atomic E-state index is 12.7. The van der Waals surface area contributed by atoms with Gasteiger partial charge in [-0.1, -0.05) is 17.7 Å². The van der Waals surface area contributed by atoms with E-state index in [1.54, 1.807) is 26.0 Å². The van der Waals surface area contributed by atoms with Crippen molar-refractivity contribution in [3.63, 3.8) is 0 Å². The van der Waals surface area contributed by atoms with Gasteiger partial charge in [0.25, 0.3) is 10.0 Å². The molecule has 20 heavy (non-hydrogen) atoms. The molecule has 1 aromatic carbocycles. The van der Waals surface area contributed by atoms with Crippen molar-refractivity contribution in [3.8, 4) is 0 Å². The van der Waals surface area contributed by atoms with Gasteiger partial charge >= 0.3 is 0 Å². The summed E-state index contributed by atoms with van der Waals surface area (Å²) in [5, 5.41) is 11.5. The van der Waals surface area contributed by atoms with E-state index in [-0.39, 0.29) is 10.4 Å². The third-order valence-electron chi connectivity index (χ3n) is 2.92. The Morgan fingerprint density at radius 3 is 2.65 bits per heavy atom. The number of benzene rings is 1. The summed E-state index contributed by atoms with van der Waals surface area (Å²) in [5.41, 5.74) is 1.31. The van der Waals surface area contributed by atoms with Crippen molar-refractivity contribution in [2.75, 3.05) is 0 Å². The van der Waals surface area contributed by atoms with Crippen molar-refractivity contribution in [3.05, 3.63) is 34.6 Å². The van der Waals surface area contributed by atoms with Gasteiger partial charge in [-0.15, -0.1) is 0 Å². The van der Waals surface area contributed by atoms with Crippen molar-refractivity contribution in [1.29, 1.82) is 0 Å². The molecular weight excluding hydrogens is 304 g/mol. The Morgan fingerprint density at radius 2 is 2.00 bits per heavy atom. The van der Waals surface area contributed by atoms with Crippen molar-refractivity contribution >= 4 is 32.7 Å². The summed E-state index contributed by atoms with van der Waals surface area (Å²) in [6.45, 7) is 3.22. The third kappa shape index (κ3) is 1.72. The van der Waals surface area contributed by atoms with Crippen LogP contribution in [0.1, 0.15) is 11.4 Å². The maximum Gasteiger partial charge on any atom is 0.285 e. The van der Waals surface area contributed by atoms with Gasteiger partial charge in [-0.25, -0.2) is 4.63 Å². The quantitative estimate of drug-likeness (QED) is 0.718. The largest absolute Gasteiger partial charge is 0.285 e. The number of fused-ring (bicyclic) bond motifs is 1. The Balaban J connectivity index is 2.32. The standard InChI is InChI=1S/C11H9ClN4O3S/c1-6-10(12)7(2)16(13-6)20(17,18)9-5-3-4-8-11(9)15-19-14-8/h3-5H,1-2H3. The summed E-state index contributed by atoms with van der Waals surface area (Å²) >= 11 is 5.99. The van der Waals surface area contributed by atoms with Crippen LogP contribution in [0.5, 0.6) is 0 Å². The molecule has 0 saturated heterocycles. The van der Waals surface area contributed by atoms with E-state index in [0.717, 1.165) is 4.09 Å². The lowest BCUT2D eigenvalue weighted by Gasteiger charge is -2.06. The average molecular weight is 313 g/mol. The smallest absolute Gasteiger partial charge is 0.243 e. The highest BCUT2D eigenvalue weighted by Crippen LogP contribution is 2.26. The molecule has 0 aliphatic heterocycles. The highest BCUT2D eigenvalue weighted by atomic mass is 35.5. The molecule has 104 valence electrons. The molecule has 0 bridgehead atoms. The van der Waals surface area contributed by atoms with Gasteiger partial charge in [0.05, 0.1) is 16.4 Å². The van der Waals surface area contributed by atoms with E-state index < -0.39 is 10.0 Å². The van der Waals surface area contributed by atoms with Crippen LogP contribution < -0.4 is 0 Å². The zero-order chi connectivity index (χ0) is 14.5. The normalized spacial score (nSPS) is 12.2. The van der Waals surface area contributed by atoms with Crippen molar-refractivity contribution in [2.45, 2.75) is 18.7 Å². The van der Waals surface area contributed by atoms with Gasteiger partial charge in [0.15, 0.2) is 5.52 Å². The number of hydrogen-bond acceptors (Lipinski definition) is 6. The zero-order valence-electron chi connectivity index (χ0n) is 10.5. The first kappa shape index (κ1) is 13.1. The van der Waals surface area contributed by atoms with E-state index in [4.69, 9.17) is 11.6 Å². The van der Waals surface area contributed by atoms with Crippen LogP contribution in [-0.4, -0.2) is 27.9 Å². The average Bonchev–Trinajstić information content (AvgIpc) is 2.99. The molecule has 0 unspecified atom stereocenters. The Bertz CT molecular complexity index is 913. The molecule has 3 rings (SSSR count). The van der Waals surface area contributed by atoms with E-state index >= 15 is 0 Å². The van der Waals surface area contributed by atoms with Crippen LogP contribution in [-0.2, 0) is 10.0 Å². The summed E-state index contributed by atoms with van der Waals surface area (Å²) in [6, 6.07) is 4.60. The van der Waals surface area contributed by atoms with E-state index in [1.165, 1.54) is 6.07 Å². The first-order valence-corrected chi connectivity index (χ1v) is 7.43. The monoisotopic (exact) mass is 312 g/mol. The molecule has 7 nitrogen and oxygen atoms in total. The minimum absolute atomic E-state index is 0.0292. The molecule has 3 aromatic rings. The van der Waals surface area contributed by atoms with Crippen molar-refractivity contribution < 1.29 is 13.0 Å². The Hall–Kier alpha value is -1.93. The van der Waals surface area contributed by atoms with Gasteiger partial charge in [-0.3, -0.25) is 0 Å². The fourth-order valence-electron chi connectivity index (χ4n) is 1.92. The molecule has 9 heteroatoms. The molecule has 0 spiro atoms. The highest BCUT2D eigenvalue weighted by molar-refractivity contribution is 7.90. The summed E-state index contributed by atoms with van der Waals surface area (Å²) in [4.78, 5) is -0.0292. The van der Waals surface area contributed by atoms with E-state index in [1.807, 2.05) is 0 Å². The third-order valence-corrected chi connectivity index (χ3v) is 5.16. The number of aryl methyl sites for hydroxylation is 1. The molecule has 0 atom stereocenters. The lowest BCUT2D eigenvalue weighted by atomic mass is 10.3. The number of nitrogens with zero attached hydrogens (tertiary/aromatic N) is 4. The zero-order valence-corrected chi connectivity index (χ0v) is 12.1. The number of halogens is 1. The van der Waals surface area contributed by atoms with Gasteiger partial charge in [-0.05, 0) is 36.3 Å². The van der Waals surface area contributed by atoms with Gasteiger partial charge < -0.3 is 0 Å². The fraction of sp³-hybridized carbons (Fsp3) is 0.182. The second kappa shape index (κ2) is 4.29. The molecule has 0 N–H and O–H groups in total. The van der Waals surface area contributed by atoms with E-state index in [9.17, 15) is 8.42 Å². The van der Waals surface area contributed by atoms with Gasteiger partial charge in [0.1, 0.15) is 10.4 Å². The van der Waals surface area contributed by atoms with Crippen LogP contribution in [0.2, 0.25) is 5.02 Å². The minimum Gasteiger partial charge on any atom is -0.243 e. The topological polar surface area (TPSA) is 90.9 Å². The molecule has 2 aromatic heterocycles. The van der Waals surface area contributed by atoms with Crippen LogP contribution in [0.15, 0.2) is 27.7 Å². The summed E-state index contributed by atoms with van der Waals surface area (Å²) in [7, 11) is -3.91. The van der Waals surface area contributed by atoms with Crippen LogP contribution in [0.3, 0.4) is 0 Å². The van der Waals surface area contributed by atoms with E-state index in [2.05, 4.69) is 20.0 Å². The predicted octanol–water partition coefficient (Wildman–Crippen LogP) is 1.93. The van der Waals surface area contributed by atoms with E-state index in [0.29, 0.717) is 21.9 Å². The molecule has 0 radical (unpaired) electrons. The molecule has 0 aliphatic carbocycles. The number of rotatable bonds is 2. The Labute approximate surface area is 119 Å². The first-order chi connectivity index (χ1) is 9.43. The lowest BCUT2D eigenvalue weighted by Crippen LogP contribution is -2.16. The molecule has 0 aliphatic rings. The lowest BCUT2D eigenvalue weighted by molar-refractivity contribution is 0.315. The minimum atomic E-state index is -3.91. The highest BCUT2D eigenvalue weighted by Gasteiger charge is 2.26. The second-order valence-electron chi connectivity index (χ2n) is 4.22. The van der Waals surface area contributed by atoms with Crippen LogP contribution >= 0.6 is 11.6 Å².